The van der Waals surface area contributed by atoms with Crippen LogP contribution >= 0.6 is 11.3 Å². The van der Waals surface area contributed by atoms with E-state index in [-0.39, 0.29) is 12.5 Å². The van der Waals surface area contributed by atoms with E-state index in [0.717, 1.165) is 5.39 Å². The summed E-state index contributed by atoms with van der Waals surface area (Å²) < 4.78 is 10.7. The average molecular weight is 403 g/mol. The summed E-state index contributed by atoms with van der Waals surface area (Å²) in [6.45, 7) is -0.209. The van der Waals surface area contributed by atoms with Gasteiger partial charge in [0, 0.05) is 10.8 Å². The zero-order valence-corrected chi connectivity index (χ0v) is 15.7. The quantitative estimate of drug-likeness (QED) is 0.508. The Bertz CT molecular complexity index is 1290. The molecule has 0 aliphatic rings. The maximum atomic E-state index is 12.2. The molecular formula is C21H13N3O4S. The van der Waals surface area contributed by atoms with E-state index in [2.05, 4.69) is 10.3 Å². The molecule has 0 aliphatic carbocycles. The van der Waals surface area contributed by atoms with E-state index in [9.17, 15) is 9.59 Å². The van der Waals surface area contributed by atoms with Crippen LogP contribution < -0.4 is 15.7 Å². The minimum atomic E-state index is -0.490. The summed E-state index contributed by atoms with van der Waals surface area (Å²) in [5, 5.41) is 14.2. The molecule has 0 unspecified atom stereocenters. The van der Waals surface area contributed by atoms with Crippen LogP contribution in [0, 0.1) is 11.3 Å². The number of fused-ring (bicyclic) bond motifs is 1. The molecule has 2 aromatic carbocycles. The molecule has 1 amide bonds. The first-order valence-electron chi connectivity index (χ1n) is 8.54. The van der Waals surface area contributed by atoms with Gasteiger partial charge in [-0.05, 0) is 36.4 Å². The molecule has 2 aromatic heterocycles. The number of carbonyl (C=O) groups is 1. The lowest BCUT2D eigenvalue weighted by Crippen LogP contribution is -2.20. The number of nitrogens with one attached hydrogen (secondary N) is 1. The Morgan fingerprint density at radius 2 is 2.00 bits per heavy atom. The summed E-state index contributed by atoms with van der Waals surface area (Å²) in [6.07, 6.45) is 0. The van der Waals surface area contributed by atoms with Crippen molar-refractivity contribution in [2.24, 2.45) is 0 Å². The minimum Gasteiger partial charge on any atom is -0.484 e. The highest BCUT2D eigenvalue weighted by atomic mass is 32.1. The van der Waals surface area contributed by atoms with Crippen LogP contribution in [0.1, 0.15) is 5.56 Å². The van der Waals surface area contributed by atoms with E-state index in [0.29, 0.717) is 33.3 Å². The Morgan fingerprint density at radius 1 is 1.21 bits per heavy atom. The second-order valence-corrected chi connectivity index (χ2v) is 6.85. The van der Waals surface area contributed by atoms with Gasteiger partial charge in [-0.3, -0.25) is 10.1 Å². The Kier molecular flexibility index (Phi) is 5.05. The third kappa shape index (κ3) is 4.15. The molecule has 0 atom stereocenters. The van der Waals surface area contributed by atoms with Gasteiger partial charge in [0.15, 0.2) is 11.7 Å². The van der Waals surface area contributed by atoms with Crippen molar-refractivity contribution < 1.29 is 13.9 Å². The second-order valence-electron chi connectivity index (χ2n) is 6.00. The molecule has 0 saturated heterocycles. The Hall–Kier alpha value is -3.96. The van der Waals surface area contributed by atoms with Crippen LogP contribution in [0.4, 0.5) is 5.13 Å². The number of ether oxygens (including phenoxy) is 1. The van der Waals surface area contributed by atoms with Crippen LogP contribution in [0.15, 0.2) is 69.2 Å². The molecule has 29 heavy (non-hydrogen) atoms. The molecule has 0 saturated carbocycles. The SMILES string of the molecule is N#Cc1ccc(OCC(=O)Nc2nc(-c3cc4ccccc4oc3=O)cs2)cc1. The lowest BCUT2D eigenvalue weighted by atomic mass is 10.1. The highest BCUT2D eigenvalue weighted by Crippen LogP contribution is 2.25. The largest absolute Gasteiger partial charge is 0.484 e. The van der Waals surface area contributed by atoms with Crippen LogP contribution in [-0.2, 0) is 4.79 Å². The molecule has 0 bridgehead atoms. The summed E-state index contributed by atoms with van der Waals surface area (Å²) in [7, 11) is 0. The first-order chi connectivity index (χ1) is 14.1. The number of aromatic nitrogens is 1. The minimum absolute atomic E-state index is 0.209. The van der Waals surface area contributed by atoms with Crippen LogP contribution in [0.2, 0.25) is 0 Å². The highest BCUT2D eigenvalue weighted by molar-refractivity contribution is 7.14. The van der Waals surface area contributed by atoms with Crippen LogP contribution in [0.25, 0.3) is 22.2 Å². The van der Waals surface area contributed by atoms with E-state index in [4.69, 9.17) is 14.4 Å². The summed E-state index contributed by atoms with van der Waals surface area (Å²) >= 11 is 1.20. The summed E-state index contributed by atoms with van der Waals surface area (Å²) in [4.78, 5) is 28.6. The molecule has 0 radical (unpaired) electrons. The summed E-state index contributed by atoms with van der Waals surface area (Å²) in [5.41, 5.74) is 1.28. The summed E-state index contributed by atoms with van der Waals surface area (Å²) in [6, 6.07) is 17.4. The van der Waals surface area contributed by atoms with Gasteiger partial charge in [-0.1, -0.05) is 18.2 Å². The topological polar surface area (TPSA) is 105 Å². The number of para-hydroxylation sites is 1. The van der Waals surface area contributed by atoms with Gasteiger partial charge in [0.05, 0.1) is 22.9 Å². The van der Waals surface area contributed by atoms with Crippen LogP contribution in [-0.4, -0.2) is 17.5 Å². The number of carbonyl (C=O) groups excluding carboxylic acids is 1. The van der Waals surface area contributed by atoms with Crippen molar-refractivity contribution in [3.05, 3.63) is 76.0 Å². The number of benzene rings is 2. The molecule has 142 valence electrons. The zero-order chi connectivity index (χ0) is 20.2. The van der Waals surface area contributed by atoms with E-state index in [1.165, 1.54) is 11.3 Å². The molecule has 2 heterocycles. The highest BCUT2D eigenvalue weighted by Gasteiger charge is 2.13. The first-order valence-corrected chi connectivity index (χ1v) is 9.42. The molecular weight excluding hydrogens is 390 g/mol. The molecule has 7 nitrogen and oxygen atoms in total. The monoisotopic (exact) mass is 403 g/mol. The fraction of sp³-hybridized carbons (Fsp3) is 0.0476. The number of hydrogen-bond donors (Lipinski definition) is 1. The molecule has 0 aliphatic heterocycles. The van der Waals surface area contributed by atoms with Crippen LogP contribution in [0.3, 0.4) is 0 Å². The van der Waals surface area contributed by atoms with Crippen molar-refractivity contribution in [2.75, 3.05) is 11.9 Å². The molecule has 4 aromatic rings. The predicted octanol–water partition coefficient (Wildman–Crippen LogP) is 3.81. The Morgan fingerprint density at radius 3 is 2.79 bits per heavy atom. The van der Waals surface area contributed by atoms with Gasteiger partial charge in [0.25, 0.3) is 5.91 Å². The lowest BCUT2D eigenvalue weighted by Gasteiger charge is -2.05. The average Bonchev–Trinajstić information content (AvgIpc) is 3.20. The Labute approximate surface area is 168 Å². The van der Waals surface area contributed by atoms with Gasteiger partial charge in [-0.25, -0.2) is 9.78 Å². The number of amides is 1. The van der Waals surface area contributed by atoms with Gasteiger partial charge in [0.2, 0.25) is 0 Å². The van der Waals surface area contributed by atoms with Gasteiger partial charge in [0.1, 0.15) is 11.3 Å². The molecule has 1 N–H and O–H groups in total. The lowest BCUT2D eigenvalue weighted by molar-refractivity contribution is -0.118. The van der Waals surface area contributed by atoms with E-state index < -0.39 is 5.63 Å². The molecule has 0 spiro atoms. The van der Waals surface area contributed by atoms with Gasteiger partial charge < -0.3 is 9.15 Å². The Balaban J connectivity index is 1.44. The van der Waals surface area contributed by atoms with Crippen molar-refractivity contribution in [1.82, 2.24) is 4.98 Å². The van der Waals surface area contributed by atoms with Crippen molar-refractivity contribution in [2.45, 2.75) is 0 Å². The van der Waals surface area contributed by atoms with Gasteiger partial charge in [-0.15, -0.1) is 11.3 Å². The number of hydrogen-bond acceptors (Lipinski definition) is 7. The zero-order valence-electron chi connectivity index (χ0n) is 14.9. The fourth-order valence-corrected chi connectivity index (χ4v) is 3.35. The smallest absolute Gasteiger partial charge is 0.345 e. The van der Waals surface area contributed by atoms with E-state index in [1.54, 1.807) is 47.8 Å². The van der Waals surface area contributed by atoms with E-state index >= 15 is 0 Å². The first kappa shape index (κ1) is 18.4. The van der Waals surface area contributed by atoms with Crippen molar-refractivity contribution in [3.63, 3.8) is 0 Å². The predicted molar refractivity (Wildman–Crippen MR) is 109 cm³/mol. The number of thiazole rings is 1. The maximum absolute atomic E-state index is 12.2. The maximum Gasteiger partial charge on any atom is 0.345 e. The normalized spacial score (nSPS) is 10.4. The summed E-state index contributed by atoms with van der Waals surface area (Å²) in [5.74, 6) is 0.0913. The second kappa shape index (κ2) is 7.96. The standard InChI is InChI=1S/C21H13N3O4S/c22-10-13-5-7-15(8-6-13)27-11-19(25)24-21-23-17(12-29-21)16-9-14-3-1-2-4-18(14)28-20(16)26/h1-9,12H,11H2,(H,23,24,25). The molecule has 0 fully saturated rings. The van der Waals surface area contributed by atoms with Gasteiger partial charge in [-0.2, -0.15) is 5.26 Å². The fourth-order valence-electron chi connectivity index (χ4n) is 2.63. The molecule has 4 rings (SSSR count). The number of nitriles is 1. The van der Waals surface area contributed by atoms with Crippen molar-refractivity contribution >= 4 is 33.3 Å². The van der Waals surface area contributed by atoms with Crippen molar-refractivity contribution in [3.8, 4) is 23.1 Å². The third-order valence-corrected chi connectivity index (χ3v) is 4.78. The number of rotatable bonds is 5. The van der Waals surface area contributed by atoms with E-state index in [1.807, 2.05) is 18.2 Å². The number of anilines is 1. The molecule has 8 heteroatoms. The van der Waals surface area contributed by atoms with Crippen molar-refractivity contribution in [1.29, 1.82) is 5.26 Å². The van der Waals surface area contributed by atoms with Gasteiger partial charge >= 0.3 is 5.63 Å². The van der Waals surface area contributed by atoms with Crippen LogP contribution in [0.5, 0.6) is 5.75 Å². The number of nitrogens with zero attached hydrogens (tertiary/aromatic N) is 2. The third-order valence-electron chi connectivity index (χ3n) is 4.02.